The van der Waals surface area contributed by atoms with E-state index in [1.54, 1.807) is 0 Å². The number of aromatic amines is 2. The number of hydrogen-bond acceptors (Lipinski definition) is 4. The van der Waals surface area contributed by atoms with Gasteiger partial charge in [0.15, 0.2) is 0 Å². The van der Waals surface area contributed by atoms with Crippen LogP contribution in [-0.4, -0.2) is 31.4 Å². The quantitative estimate of drug-likeness (QED) is 0.535. The maximum atomic E-state index is 4.61. The molecule has 0 aliphatic carbocycles. The Kier molecular flexibility index (Phi) is 4.31. The summed E-state index contributed by atoms with van der Waals surface area (Å²) in [6, 6.07) is 16.0. The van der Waals surface area contributed by atoms with Crippen molar-refractivity contribution in [3.63, 3.8) is 0 Å². The number of nitrogens with one attached hydrogen (secondary N) is 2. The Morgan fingerprint density at radius 3 is 1.58 bits per heavy atom. The third-order valence-corrected chi connectivity index (χ3v) is 4.33. The Bertz CT molecular complexity index is 959. The van der Waals surface area contributed by atoms with Crippen LogP contribution in [0, 0.1) is 0 Å². The Labute approximate surface area is 151 Å². The second-order valence-electron chi connectivity index (χ2n) is 6.20. The van der Waals surface area contributed by atoms with Gasteiger partial charge in [0.1, 0.15) is 11.6 Å². The minimum Gasteiger partial charge on any atom is -0.340 e. The van der Waals surface area contributed by atoms with Gasteiger partial charge in [-0.2, -0.15) is 0 Å². The van der Waals surface area contributed by atoms with Gasteiger partial charge in [-0.25, -0.2) is 9.97 Å². The van der Waals surface area contributed by atoms with Crippen molar-refractivity contribution in [2.24, 2.45) is 9.98 Å². The zero-order valence-electron chi connectivity index (χ0n) is 14.8. The van der Waals surface area contributed by atoms with Crippen molar-refractivity contribution in [3.05, 3.63) is 60.2 Å². The highest BCUT2D eigenvalue weighted by molar-refractivity contribution is 6.40. The SMILES string of the molecule is CC(=NCc1nc2ccccc2[nH]1)C(C)=NCc1nc2ccccc2[nH]1. The Balaban J connectivity index is 1.44. The van der Waals surface area contributed by atoms with Crippen LogP contribution >= 0.6 is 0 Å². The topological polar surface area (TPSA) is 82.1 Å². The predicted molar refractivity (Wildman–Crippen MR) is 106 cm³/mol. The highest BCUT2D eigenvalue weighted by Gasteiger charge is 2.04. The van der Waals surface area contributed by atoms with Gasteiger partial charge in [-0.3, -0.25) is 9.98 Å². The molecule has 2 heterocycles. The molecule has 0 bridgehead atoms. The van der Waals surface area contributed by atoms with Gasteiger partial charge >= 0.3 is 0 Å². The maximum absolute atomic E-state index is 4.61. The molecule has 0 fully saturated rings. The monoisotopic (exact) mass is 344 g/mol. The van der Waals surface area contributed by atoms with E-state index < -0.39 is 0 Å². The number of hydrogen-bond donors (Lipinski definition) is 2. The van der Waals surface area contributed by atoms with E-state index in [0.29, 0.717) is 13.1 Å². The van der Waals surface area contributed by atoms with Crippen LogP contribution in [0.3, 0.4) is 0 Å². The summed E-state index contributed by atoms with van der Waals surface area (Å²) in [6.45, 7) is 4.97. The predicted octanol–water partition coefficient (Wildman–Crippen LogP) is 4.06. The summed E-state index contributed by atoms with van der Waals surface area (Å²) in [5.74, 6) is 1.71. The molecule has 130 valence electrons. The lowest BCUT2D eigenvalue weighted by atomic mass is 10.3. The molecule has 0 aliphatic rings. The molecular weight excluding hydrogens is 324 g/mol. The van der Waals surface area contributed by atoms with Crippen molar-refractivity contribution >= 4 is 33.5 Å². The zero-order chi connectivity index (χ0) is 17.9. The minimum atomic E-state index is 0.512. The number of fused-ring (bicyclic) bond motifs is 2. The first kappa shape index (κ1) is 16.2. The first-order valence-corrected chi connectivity index (χ1v) is 8.59. The molecule has 4 aromatic rings. The van der Waals surface area contributed by atoms with E-state index in [1.165, 1.54) is 0 Å². The maximum Gasteiger partial charge on any atom is 0.128 e. The van der Waals surface area contributed by atoms with Crippen LogP contribution in [0.1, 0.15) is 25.5 Å². The Hall–Kier alpha value is -3.28. The van der Waals surface area contributed by atoms with E-state index in [1.807, 2.05) is 62.4 Å². The van der Waals surface area contributed by atoms with Crippen LogP contribution < -0.4 is 0 Å². The number of rotatable bonds is 5. The second kappa shape index (κ2) is 6.92. The Morgan fingerprint density at radius 1 is 0.731 bits per heavy atom. The number of aliphatic imine (C=N–C) groups is 2. The summed E-state index contributed by atoms with van der Waals surface area (Å²) in [5.41, 5.74) is 5.80. The first-order valence-electron chi connectivity index (χ1n) is 8.59. The standard InChI is InChI=1S/C20H20N6/c1-13(21-11-19-23-15-7-3-4-8-16(15)24-19)14(2)22-12-20-25-17-9-5-6-10-18(17)26-20/h3-10H,11-12H2,1-2H3,(H,23,24)(H,25,26). The molecule has 4 rings (SSSR count). The largest absolute Gasteiger partial charge is 0.340 e. The molecule has 2 aromatic carbocycles. The molecule has 2 N–H and O–H groups in total. The Morgan fingerprint density at radius 2 is 1.15 bits per heavy atom. The zero-order valence-corrected chi connectivity index (χ0v) is 14.8. The summed E-state index contributed by atoms with van der Waals surface area (Å²) < 4.78 is 0. The minimum absolute atomic E-state index is 0.512. The van der Waals surface area contributed by atoms with Gasteiger partial charge < -0.3 is 9.97 Å². The van der Waals surface area contributed by atoms with Crippen molar-refractivity contribution in [3.8, 4) is 0 Å². The van der Waals surface area contributed by atoms with Crippen LogP contribution in [0.25, 0.3) is 22.1 Å². The number of benzene rings is 2. The first-order chi connectivity index (χ1) is 12.7. The van der Waals surface area contributed by atoms with E-state index in [2.05, 4.69) is 29.9 Å². The third kappa shape index (κ3) is 3.39. The van der Waals surface area contributed by atoms with Gasteiger partial charge in [-0.05, 0) is 38.1 Å². The third-order valence-electron chi connectivity index (χ3n) is 4.33. The normalized spacial score (nSPS) is 13.0. The second-order valence-corrected chi connectivity index (χ2v) is 6.20. The fraction of sp³-hybridized carbons (Fsp3) is 0.200. The molecular formula is C20H20N6. The van der Waals surface area contributed by atoms with Crippen LogP contribution in [-0.2, 0) is 13.1 Å². The van der Waals surface area contributed by atoms with Gasteiger partial charge in [-0.15, -0.1) is 0 Å². The van der Waals surface area contributed by atoms with E-state index >= 15 is 0 Å². The summed E-state index contributed by atoms with van der Waals surface area (Å²) in [6.07, 6.45) is 0. The molecule has 0 amide bonds. The molecule has 0 radical (unpaired) electrons. The van der Waals surface area contributed by atoms with Gasteiger partial charge in [0, 0.05) is 0 Å². The lowest BCUT2D eigenvalue weighted by molar-refractivity contribution is 0.950. The highest BCUT2D eigenvalue weighted by Crippen LogP contribution is 2.12. The number of H-pyrrole nitrogens is 2. The summed E-state index contributed by atoms with van der Waals surface area (Å²) >= 11 is 0. The van der Waals surface area contributed by atoms with Gasteiger partial charge in [0.05, 0.1) is 46.6 Å². The fourth-order valence-electron chi connectivity index (χ4n) is 2.78. The van der Waals surface area contributed by atoms with E-state index in [-0.39, 0.29) is 0 Å². The molecule has 2 aromatic heterocycles. The number of aromatic nitrogens is 4. The summed E-state index contributed by atoms with van der Waals surface area (Å²) in [4.78, 5) is 24.9. The van der Waals surface area contributed by atoms with Gasteiger partial charge in [0.2, 0.25) is 0 Å². The van der Waals surface area contributed by atoms with Gasteiger partial charge in [0.25, 0.3) is 0 Å². The summed E-state index contributed by atoms with van der Waals surface area (Å²) in [5, 5.41) is 0. The molecule has 0 saturated carbocycles. The number of para-hydroxylation sites is 4. The number of imidazole rings is 2. The molecule has 6 heteroatoms. The smallest absolute Gasteiger partial charge is 0.128 e. The van der Waals surface area contributed by atoms with Crippen molar-refractivity contribution in [1.82, 2.24) is 19.9 Å². The molecule has 6 nitrogen and oxygen atoms in total. The molecule has 26 heavy (non-hydrogen) atoms. The highest BCUT2D eigenvalue weighted by atomic mass is 15.0. The molecule has 0 spiro atoms. The van der Waals surface area contributed by atoms with Crippen LogP contribution in [0.4, 0.5) is 0 Å². The van der Waals surface area contributed by atoms with Crippen LogP contribution in [0.5, 0.6) is 0 Å². The van der Waals surface area contributed by atoms with Crippen molar-refractivity contribution < 1.29 is 0 Å². The average Bonchev–Trinajstić information content (AvgIpc) is 3.27. The lowest BCUT2D eigenvalue weighted by Crippen LogP contribution is -2.07. The molecule has 0 unspecified atom stereocenters. The lowest BCUT2D eigenvalue weighted by Gasteiger charge is -1.99. The van der Waals surface area contributed by atoms with Crippen LogP contribution in [0.15, 0.2) is 58.5 Å². The van der Waals surface area contributed by atoms with Crippen molar-refractivity contribution in [2.75, 3.05) is 0 Å². The van der Waals surface area contributed by atoms with E-state index in [4.69, 9.17) is 0 Å². The molecule has 0 saturated heterocycles. The molecule has 0 aliphatic heterocycles. The van der Waals surface area contributed by atoms with Crippen molar-refractivity contribution in [1.29, 1.82) is 0 Å². The van der Waals surface area contributed by atoms with Crippen LogP contribution in [0.2, 0.25) is 0 Å². The van der Waals surface area contributed by atoms with E-state index in [0.717, 1.165) is 45.1 Å². The van der Waals surface area contributed by atoms with Crippen molar-refractivity contribution in [2.45, 2.75) is 26.9 Å². The number of nitrogens with zero attached hydrogens (tertiary/aromatic N) is 4. The average molecular weight is 344 g/mol. The van der Waals surface area contributed by atoms with E-state index in [9.17, 15) is 0 Å². The van der Waals surface area contributed by atoms with Gasteiger partial charge in [-0.1, -0.05) is 24.3 Å². The molecule has 0 atom stereocenters. The summed E-state index contributed by atoms with van der Waals surface area (Å²) in [7, 11) is 0. The fourth-order valence-corrected chi connectivity index (χ4v) is 2.78.